The van der Waals surface area contributed by atoms with Crippen LogP contribution in [0.4, 0.5) is 0 Å². The Hall–Kier alpha value is -1.45. The van der Waals surface area contributed by atoms with Crippen LogP contribution in [0.2, 0.25) is 10.0 Å². The number of aromatic nitrogens is 2. The monoisotopic (exact) mass is 295 g/mol. The van der Waals surface area contributed by atoms with Crippen LogP contribution in [0.15, 0.2) is 36.8 Å². The third kappa shape index (κ3) is 3.75. The number of aromatic amines is 1. The van der Waals surface area contributed by atoms with Gasteiger partial charge in [-0.3, -0.25) is 0 Å². The van der Waals surface area contributed by atoms with Gasteiger partial charge in [0.2, 0.25) is 0 Å². The van der Waals surface area contributed by atoms with Crippen LogP contribution in [-0.4, -0.2) is 29.0 Å². The highest BCUT2D eigenvalue weighted by Gasteiger charge is 2.09. The third-order valence-electron chi connectivity index (χ3n) is 2.61. The van der Waals surface area contributed by atoms with E-state index >= 15 is 0 Å². The van der Waals surface area contributed by atoms with E-state index in [4.69, 9.17) is 23.2 Å². The summed E-state index contributed by atoms with van der Waals surface area (Å²) in [4.78, 5) is 9.40. The summed E-state index contributed by atoms with van der Waals surface area (Å²) in [6.45, 7) is 0. The Balaban J connectivity index is 2.31. The average Bonchev–Trinajstić information content (AvgIpc) is 2.84. The third-order valence-corrected chi connectivity index (χ3v) is 3.20. The molecule has 0 spiro atoms. The van der Waals surface area contributed by atoms with Gasteiger partial charge in [0.15, 0.2) is 0 Å². The molecule has 0 aliphatic carbocycles. The van der Waals surface area contributed by atoms with Crippen LogP contribution in [0.5, 0.6) is 0 Å². The summed E-state index contributed by atoms with van der Waals surface area (Å²) in [5.41, 5.74) is 2.09. The van der Waals surface area contributed by atoms with Crippen molar-refractivity contribution >= 4 is 28.8 Å². The Labute approximate surface area is 122 Å². The summed E-state index contributed by atoms with van der Waals surface area (Å²) in [6, 6.07) is 5.54. The van der Waals surface area contributed by atoms with Gasteiger partial charge in [0.05, 0.1) is 0 Å². The van der Waals surface area contributed by atoms with Crippen molar-refractivity contribution in [3.8, 4) is 0 Å². The first-order chi connectivity index (χ1) is 9.06. The van der Waals surface area contributed by atoms with Crippen molar-refractivity contribution < 1.29 is 0 Å². The summed E-state index contributed by atoms with van der Waals surface area (Å²) in [5, 5.41) is 1.31. The maximum Gasteiger partial charge on any atom is 0.134 e. The quantitative estimate of drug-likeness (QED) is 0.929. The molecule has 0 aliphatic rings. The van der Waals surface area contributed by atoms with E-state index in [0.717, 1.165) is 17.0 Å². The number of rotatable bonds is 4. The Morgan fingerprint density at radius 3 is 2.74 bits per heavy atom. The second kappa shape index (κ2) is 6.13. The number of halogens is 2. The molecule has 1 N–H and O–H groups in total. The van der Waals surface area contributed by atoms with Crippen molar-refractivity contribution in [2.75, 3.05) is 14.1 Å². The van der Waals surface area contributed by atoms with E-state index in [9.17, 15) is 0 Å². The van der Waals surface area contributed by atoms with Crippen molar-refractivity contribution in [1.82, 2.24) is 14.9 Å². The Kier molecular flexibility index (Phi) is 4.51. The number of allylic oxidation sites excluding steroid dienone is 1. The zero-order valence-corrected chi connectivity index (χ0v) is 12.3. The van der Waals surface area contributed by atoms with Crippen LogP contribution in [0.1, 0.15) is 11.4 Å². The van der Waals surface area contributed by atoms with Crippen LogP contribution in [0, 0.1) is 0 Å². The number of hydrogen-bond donors (Lipinski definition) is 1. The smallest absolute Gasteiger partial charge is 0.134 e. The largest absolute Gasteiger partial charge is 0.383 e. The highest BCUT2D eigenvalue weighted by molar-refractivity contribution is 6.35. The van der Waals surface area contributed by atoms with Gasteiger partial charge in [-0.2, -0.15) is 0 Å². The van der Waals surface area contributed by atoms with Gasteiger partial charge in [0.25, 0.3) is 0 Å². The van der Waals surface area contributed by atoms with Gasteiger partial charge < -0.3 is 9.88 Å². The minimum absolute atomic E-state index is 0.643. The predicted octanol–water partition coefficient (Wildman–Crippen LogP) is 3.86. The molecule has 0 saturated heterocycles. The van der Waals surface area contributed by atoms with Gasteiger partial charge >= 0.3 is 0 Å². The molecule has 100 valence electrons. The second-order valence-electron chi connectivity index (χ2n) is 4.47. The predicted molar refractivity (Wildman–Crippen MR) is 80.4 cm³/mol. The number of H-pyrrole nitrogens is 1. The molecule has 0 radical (unpaired) electrons. The Bertz CT molecular complexity index is 574. The molecule has 2 rings (SSSR count). The van der Waals surface area contributed by atoms with E-state index < -0.39 is 0 Å². The Morgan fingerprint density at radius 1 is 1.37 bits per heavy atom. The first-order valence-corrected chi connectivity index (χ1v) is 6.62. The summed E-state index contributed by atoms with van der Waals surface area (Å²) >= 11 is 12.1. The molecule has 1 aromatic heterocycles. The number of nitrogens with one attached hydrogen (secondary N) is 1. The summed E-state index contributed by atoms with van der Waals surface area (Å²) in [5.74, 6) is 0.847. The average molecular weight is 296 g/mol. The lowest BCUT2D eigenvalue weighted by atomic mass is 10.1. The number of hydrogen-bond acceptors (Lipinski definition) is 2. The molecule has 5 heteroatoms. The van der Waals surface area contributed by atoms with Gasteiger partial charge in [-0.05, 0) is 17.7 Å². The standard InChI is InChI=1S/C14H15Cl2N3/c1-19(2)9-11(14-17-5-6-18-14)7-10-3-4-12(15)8-13(10)16/h3-6,8-9H,7H2,1-2H3,(H,17,18)/b11-9-. The minimum atomic E-state index is 0.643. The Morgan fingerprint density at radius 2 is 2.16 bits per heavy atom. The number of benzene rings is 1. The van der Waals surface area contributed by atoms with Gasteiger partial charge in [-0.1, -0.05) is 29.3 Å². The lowest BCUT2D eigenvalue weighted by molar-refractivity contribution is 0.564. The first kappa shape index (κ1) is 14.0. The summed E-state index contributed by atoms with van der Waals surface area (Å²) in [6.07, 6.45) is 6.27. The molecule has 1 heterocycles. The number of imidazole rings is 1. The fourth-order valence-electron chi connectivity index (χ4n) is 1.81. The van der Waals surface area contributed by atoms with E-state index in [1.807, 2.05) is 43.5 Å². The molecule has 0 bridgehead atoms. The van der Waals surface area contributed by atoms with Crippen molar-refractivity contribution in [3.63, 3.8) is 0 Å². The molecule has 1 aromatic carbocycles. The van der Waals surface area contributed by atoms with Gasteiger partial charge in [-0.25, -0.2) is 4.98 Å². The number of nitrogens with zero attached hydrogens (tertiary/aromatic N) is 2. The molecule has 0 unspecified atom stereocenters. The highest BCUT2D eigenvalue weighted by Crippen LogP contribution is 2.25. The molecule has 19 heavy (non-hydrogen) atoms. The molecule has 3 nitrogen and oxygen atoms in total. The summed E-state index contributed by atoms with van der Waals surface area (Å²) in [7, 11) is 3.96. The maximum atomic E-state index is 6.22. The van der Waals surface area contributed by atoms with Gasteiger partial charge in [0, 0.05) is 54.7 Å². The lowest BCUT2D eigenvalue weighted by Crippen LogP contribution is -2.05. The molecule has 0 amide bonds. The van der Waals surface area contributed by atoms with Crippen molar-refractivity contribution in [2.24, 2.45) is 0 Å². The minimum Gasteiger partial charge on any atom is -0.383 e. The van der Waals surface area contributed by atoms with E-state index in [1.54, 1.807) is 12.3 Å². The van der Waals surface area contributed by atoms with Gasteiger partial charge in [-0.15, -0.1) is 0 Å². The van der Waals surface area contributed by atoms with E-state index in [1.165, 1.54) is 0 Å². The van der Waals surface area contributed by atoms with E-state index in [2.05, 4.69) is 9.97 Å². The van der Waals surface area contributed by atoms with Crippen molar-refractivity contribution in [3.05, 3.63) is 58.2 Å². The van der Waals surface area contributed by atoms with E-state index in [-0.39, 0.29) is 0 Å². The SMILES string of the molecule is CN(C)/C=C(/Cc1ccc(Cl)cc1Cl)c1ncc[nH]1. The normalized spacial score (nSPS) is 11.7. The zero-order valence-electron chi connectivity index (χ0n) is 10.8. The van der Waals surface area contributed by atoms with Crippen molar-refractivity contribution in [1.29, 1.82) is 0 Å². The molecular formula is C14H15Cl2N3. The summed E-state index contributed by atoms with van der Waals surface area (Å²) < 4.78 is 0. The van der Waals surface area contributed by atoms with Crippen LogP contribution in [-0.2, 0) is 6.42 Å². The lowest BCUT2D eigenvalue weighted by Gasteiger charge is -2.11. The zero-order chi connectivity index (χ0) is 13.8. The molecule has 2 aromatic rings. The maximum absolute atomic E-state index is 6.22. The highest BCUT2D eigenvalue weighted by atomic mass is 35.5. The van der Waals surface area contributed by atoms with Crippen LogP contribution < -0.4 is 0 Å². The molecular weight excluding hydrogens is 281 g/mol. The molecule has 0 fully saturated rings. The molecule has 0 aliphatic heterocycles. The van der Waals surface area contributed by atoms with Gasteiger partial charge in [0.1, 0.15) is 5.82 Å². The molecule has 0 atom stereocenters. The van der Waals surface area contributed by atoms with Crippen LogP contribution >= 0.6 is 23.2 Å². The first-order valence-electron chi connectivity index (χ1n) is 5.87. The van der Waals surface area contributed by atoms with E-state index in [0.29, 0.717) is 16.5 Å². The van der Waals surface area contributed by atoms with Crippen molar-refractivity contribution in [2.45, 2.75) is 6.42 Å². The van der Waals surface area contributed by atoms with Crippen LogP contribution in [0.3, 0.4) is 0 Å². The fourth-order valence-corrected chi connectivity index (χ4v) is 2.29. The molecule has 0 saturated carbocycles. The second-order valence-corrected chi connectivity index (χ2v) is 5.31. The topological polar surface area (TPSA) is 31.9 Å². The fraction of sp³-hybridized carbons (Fsp3) is 0.214. The van der Waals surface area contributed by atoms with Crippen LogP contribution in [0.25, 0.3) is 5.57 Å².